The second-order valence-electron chi connectivity index (χ2n) is 18.1. The molecule has 2 aliphatic heterocycles. The molecule has 14 heteroatoms. The number of nitrogens with one attached hydrogen (secondary N) is 1. The number of alkyl carbamates (subject to hydrolysis) is 1. The lowest BCUT2D eigenvalue weighted by Crippen LogP contribution is -2.55. The van der Waals surface area contributed by atoms with Crippen LogP contribution in [0, 0.1) is 0 Å². The van der Waals surface area contributed by atoms with Crippen LogP contribution in [0.4, 0.5) is 14.4 Å². The summed E-state index contributed by atoms with van der Waals surface area (Å²) < 4.78 is 35.5. The second-order valence-corrected chi connectivity index (χ2v) is 18.1. The highest BCUT2D eigenvalue weighted by atomic mass is 16.7. The maximum absolute atomic E-state index is 14.5. The minimum Gasteiger partial charge on any atom is -0.459 e. The Morgan fingerprint density at radius 3 is 1.96 bits per heavy atom. The maximum atomic E-state index is 14.5. The first-order chi connectivity index (χ1) is 24.2. The molecule has 53 heavy (non-hydrogen) atoms. The number of unbranched alkanes of at least 4 members (excludes halogenated alkanes) is 1. The monoisotopic (exact) mass is 745 g/mol. The molecule has 13 nitrogen and oxygen atoms in total. The Morgan fingerprint density at radius 2 is 1.42 bits per heavy atom. The van der Waals surface area contributed by atoms with Gasteiger partial charge in [-0.2, -0.15) is 0 Å². The van der Waals surface area contributed by atoms with Crippen LogP contribution in [0.5, 0.6) is 0 Å². The van der Waals surface area contributed by atoms with Crippen molar-refractivity contribution in [3.8, 4) is 0 Å². The average molecular weight is 746 g/mol. The number of ether oxygens (including phenoxy) is 4. The molecular weight excluding hydrogens is 681 g/mol. The maximum Gasteiger partial charge on any atom is 0.457 e. The third-order valence-electron chi connectivity index (χ3n) is 9.36. The first-order valence-electron chi connectivity index (χ1n) is 18.8. The average Bonchev–Trinajstić information content (AvgIpc) is 3.47. The molecule has 2 atom stereocenters. The number of likely N-dealkylation sites (tertiary alicyclic amines) is 1. The number of benzene rings is 1. The number of amides is 3. The van der Waals surface area contributed by atoms with E-state index in [1.54, 1.807) is 62.3 Å². The summed E-state index contributed by atoms with van der Waals surface area (Å²) in [6.45, 7) is 23.9. The van der Waals surface area contributed by atoms with E-state index in [9.17, 15) is 19.2 Å². The van der Waals surface area contributed by atoms with E-state index < -0.39 is 71.0 Å². The van der Waals surface area contributed by atoms with E-state index in [0.717, 1.165) is 5.56 Å². The highest BCUT2D eigenvalue weighted by Crippen LogP contribution is 2.41. The summed E-state index contributed by atoms with van der Waals surface area (Å²) in [5, 5.41) is 2.71. The lowest BCUT2D eigenvalue weighted by Gasteiger charge is -2.37. The summed E-state index contributed by atoms with van der Waals surface area (Å²) in [4.78, 5) is 57.8. The van der Waals surface area contributed by atoms with Crippen molar-refractivity contribution in [2.24, 2.45) is 0 Å². The van der Waals surface area contributed by atoms with Crippen molar-refractivity contribution in [1.29, 1.82) is 0 Å². The van der Waals surface area contributed by atoms with Crippen LogP contribution in [0.15, 0.2) is 30.3 Å². The van der Waals surface area contributed by atoms with E-state index in [-0.39, 0.29) is 39.1 Å². The van der Waals surface area contributed by atoms with E-state index in [0.29, 0.717) is 19.2 Å². The van der Waals surface area contributed by atoms with Crippen molar-refractivity contribution in [2.45, 2.75) is 168 Å². The minimum absolute atomic E-state index is 0.00223. The molecule has 1 N–H and O–H groups in total. The van der Waals surface area contributed by atoms with Gasteiger partial charge >= 0.3 is 31.4 Å². The summed E-state index contributed by atoms with van der Waals surface area (Å²) in [6.07, 6.45) is 0.0414. The molecule has 1 aromatic carbocycles. The van der Waals surface area contributed by atoms with Crippen LogP contribution in [-0.2, 0) is 39.7 Å². The molecule has 0 spiro atoms. The van der Waals surface area contributed by atoms with Crippen LogP contribution in [0.1, 0.15) is 121 Å². The van der Waals surface area contributed by atoms with Crippen molar-refractivity contribution < 1.29 is 47.4 Å². The minimum atomic E-state index is -1.49. The van der Waals surface area contributed by atoms with Gasteiger partial charge in [0.1, 0.15) is 28.9 Å². The molecule has 2 heterocycles. The zero-order chi connectivity index (χ0) is 40.0. The van der Waals surface area contributed by atoms with Crippen molar-refractivity contribution in [3.05, 3.63) is 35.9 Å². The van der Waals surface area contributed by atoms with Crippen molar-refractivity contribution in [1.82, 2.24) is 15.1 Å². The third-order valence-corrected chi connectivity index (χ3v) is 9.36. The Kier molecular flexibility index (Phi) is 14.0. The summed E-state index contributed by atoms with van der Waals surface area (Å²) >= 11 is 0. The molecule has 1 aromatic rings. The number of rotatable bonds is 12. The summed E-state index contributed by atoms with van der Waals surface area (Å²) in [7, 11) is -0.417. The number of hydrogen-bond acceptors (Lipinski definition) is 10. The van der Waals surface area contributed by atoms with Gasteiger partial charge in [-0.25, -0.2) is 19.2 Å². The number of carbonyl (C=O) groups excluding carboxylic acids is 4. The lowest BCUT2D eigenvalue weighted by molar-refractivity contribution is -0.158. The van der Waals surface area contributed by atoms with Crippen molar-refractivity contribution in [3.63, 3.8) is 0 Å². The third kappa shape index (κ3) is 12.8. The van der Waals surface area contributed by atoms with Gasteiger partial charge in [0.25, 0.3) is 0 Å². The normalized spacial score (nSPS) is 21.2. The number of hydrogen-bond donors (Lipinski definition) is 1. The zero-order valence-corrected chi connectivity index (χ0v) is 34.4. The molecule has 0 bridgehead atoms. The Bertz CT molecular complexity index is 1400. The van der Waals surface area contributed by atoms with Gasteiger partial charge in [0, 0.05) is 26.1 Å². The molecule has 2 fully saturated rings. The Balaban J connectivity index is 1.97. The van der Waals surface area contributed by atoms with Crippen molar-refractivity contribution >= 4 is 31.4 Å². The topological polar surface area (TPSA) is 142 Å². The fourth-order valence-electron chi connectivity index (χ4n) is 6.26. The highest BCUT2D eigenvalue weighted by Gasteiger charge is 2.57. The van der Waals surface area contributed by atoms with Crippen LogP contribution in [0.2, 0.25) is 6.32 Å². The number of nitrogens with zero attached hydrogens (tertiary/aromatic N) is 2. The molecule has 0 radical (unpaired) electrons. The Hall–Kier alpha value is -3.52. The summed E-state index contributed by atoms with van der Waals surface area (Å²) in [5.41, 5.74) is -4.07. The molecular formula is C39H64BN3O10. The van der Waals surface area contributed by atoms with Gasteiger partial charge in [-0.1, -0.05) is 43.2 Å². The molecule has 2 saturated heterocycles. The van der Waals surface area contributed by atoms with Gasteiger partial charge in [-0.15, -0.1) is 0 Å². The largest absolute Gasteiger partial charge is 0.459 e. The van der Waals surface area contributed by atoms with Crippen LogP contribution >= 0.6 is 0 Å². The van der Waals surface area contributed by atoms with E-state index in [2.05, 4.69) is 5.32 Å². The second kappa shape index (κ2) is 16.9. The first-order valence-corrected chi connectivity index (χ1v) is 18.8. The van der Waals surface area contributed by atoms with E-state index in [1.165, 1.54) is 9.80 Å². The van der Waals surface area contributed by atoms with Gasteiger partial charge in [0.2, 0.25) is 0 Å². The van der Waals surface area contributed by atoms with E-state index in [4.69, 9.17) is 28.3 Å². The summed E-state index contributed by atoms with van der Waals surface area (Å²) in [5.74, 6) is -0.596. The predicted molar refractivity (Wildman–Crippen MR) is 202 cm³/mol. The molecule has 0 aromatic heterocycles. The fourth-order valence-corrected chi connectivity index (χ4v) is 6.26. The predicted octanol–water partition coefficient (Wildman–Crippen LogP) is 7.50. The zero-order valence-electron chi connectivity index (χ0n) is 34.4. The molecule has 298 valence electrons. The standard InChI is InChI=1S/C39H64BN3O10/c1-34(2,3)49-31(45)41-23-24-42(32(46)50-35(4,5)6)29-25-39(43(26-29)33(47)51-36(7,8)9,30(44)48-27-28-19-15-14-16-20-28)21-17-18-22-40-52-37(10,11)38(12,13)53-40/h14-16,19-20,29H,17-18,21-27H2,1-13H3,(H,41,45)/t29-,39?/m1/s1. The van der Waals surface area contributed by atoms with Gasteiger partial charge in [-0.3, -0.25) is 4.90 Å². The van der Waals surface area contributed by atoms with E-state index >= 15 is 0 Å². The quantitative estimate of drug-likeness (QED) is 0.0989. The lowest BCUT2D eigenvalue weighted by atomic mass is 9.80. The molecule has 0 aliphatic carbocycles. The fraction of sp³-hybridized carbons (Fsp3) is 0.744. The molecule has 3 amide bonds. The van der Waals surface area contributed by atoms with Crippen LogP contribution in [0.3, 0.4) is 0 Å². The highest BCUT2D eigenvalue weighted by molar-refractivity contribution is 6.45. The van der Waals surface area contributed by atoms with Crippen LogP contribution in [0.25, 0.3) is 0 Å². The molecule has 2 aliphatic rings. The number of carbonyl (C=O) groups is 4. The van der Waals surface area contributed by atoms with Crippen LogP contribution in [-0.4, -0.2) is 100 Å². The van der Waals surface area contributed by atoms with Gasteiger partial charge < -0.3 is 38.5 Å². The van der Waals surface area contributed by atoms with E-state index in [1.807, 2.05) is 58.0 Å². The van der Waals surface area contributed by atoms with Gasteiger partial charge in [0.15, 0.2) is 0 Å². The Morgan fingerprint density at radius 1 is 0.849 bits per heavy atom. The number of esters is 1. The summed E-state index contributed by atoms with van der Waals surface area (Å²) in [6, 6.07) is 8.62. The molecule has 0 saturated carbocycles. The van der Waals surface area contributed by atoms with Crippen LogP contribution < -0.4 is 5.32 Å². The first kappa shape index (κ1) is 43.9. The van der Waals surface area contributed by atoms with Crippen molar-refractivity contribution in [2.75, 3.05) is 19.6 Å². The van der Waals surface area contributed by atoms with Gasteiger partial charge in [-0.05, 0) is 108 Å². The Labute approximate surface area is 317 Å². The van der Waals surface area contributed by atoms with Gasteiger partial charge in [0.05, 0.1) is 17.2 Å². The molecule has 3 rings (SSSR count). The SMILES string of the molecule is CC(C)(C)OC(=O)NCCN(C(=O)OC(C)(C)C)[C@H]1CN(C(=O)OC(C)(C)C)C(CCCCB2OC(C)(C)C(C)(C)O2)(C(=O)OCc2ccccc2)C1. The smallest absolute Gasteiger partial charge is 0.457 e. The molecule has 1 unspecified atom stereocenters.